The molecule has 3 aromatic rings. The summed E-state index contributed by atoms with van der Waals surface area (Å²) in [6.45, 7) is 8.06. The van der Waals surface area contributed by atoms with Crippen LogP contribution in [0, 0.1) is 6.92 Å². The van der Waals surface area contributed by atoms with Crippen LogP contribution in [0.1, 0.15) is 54.0 Å². The second-order valence-electron chi connectivity index (χ2n) is 7.75. The van der Waals surface area contributed by atoms with E-state index in [4.69, 9.17) is 0 Å². The number of amides is 1. The van der Waals surface area contributed by atoms with E-state index in [0.29, 0.717) is 16.9 Å². The number of aromatic nitrogens is 2. The lowest BCUT2D eigenvalue weighted by Gasteiger charge is -2.21. The Labute approximate surface area is 159 Å². The molecule has 5 heteroatoms. The van der Waals surface area contributed by atoms with Gasteiger partial charge in [-0.3, -0.25) is 4.79 Å². The zero-order valence-electron chi connectivity index (χ0n) is 16.2. The van der Waals surface area contributed by atoms with E-state index in [1.807, 2.05) is 36.4 Å². The molecule has 0 saturated heterocycles. The molecule has 3 rings (SSSR count). The molecule has 1 unspecified atom stereocenters. The molecule has 5 nitrogen and oxygen atoms in total. The Morgan fingerprint density at radius 1 is 1.19 bits per heavy atom. The maximum absolute atomic E-state index is 12.8. The predicted octanol–water partition coefficient (Wildman–Crippen LogP) is 3.70. The summed E-state index contributed by atoms with van der Waals surface area (Å²) in [4.78, 5) is 21.4. The molecule has 2 heterocycles. The van der Waals surface area contributed by atoms with E-state index in [-0.39, 0.29) is 17.9 Å². The van der Waals surface area contributed by atoms with Crippen LogP contribution in [-0.4, -0.2) is 27.6 Å². The molecule has 1 atom stereocenters. The van der Waals surface area contributed by atoms with Crippen molar-refractivity contribution in [3.8, 4) is 0 Å². The van der Waals surface area contributed by atoms with Gasteiger partial charge in [0, 0.05) is 11.6 Å². The van der Waals surface area contributed by atoms with Crippen molar-refractivity contribution in [3.63, 3.8) is 0 Å². The number of aliphatic hydroxyl groups excluding tert-OH is 1. The van der Waals surface area contributed by atoms with Gasteiger partial charge in [0.25, 0.3) is 5.91 Å². The second-order valence-corrected chi connectivity index (χ2v) is 7.75. The van der Waals surface area contributed by atoms with Gasteiger partial charge in [0.15, 0.2) is 5.65 Å². The number of carbonyl (C=O) groups excluding carboxylic acids is 1. The van der Waals surface area contributed by atoms with Crippen molar-refractivity contribution in [3.05, 3.63) is 71.0 Å². The summed E-state index contributed by atoms with van der Waals surface area (Å²) in [5.74, 6) is -0.260. The number of fused-ring (bicyclic) bond motifs is 1. The van der Waals surface area contributed by atoms with Crippen LogP contribution in [0.3, 0.4) is 0 Å². The number of hydrogen-bond acceptors (Lipinski definition) is 4. The third-order valence-corrected chi connectivity index (χ3v) is 4.69. The highest BCUT2D eigenvalue weighted by atomic mass is 16.3. The number of nitrogens with zero attached hydrogens (tertiary/aromatic N) is 2. The molecule has 0 bridgehead atoms. The van der Waals surface area contributed by atoms with Crippen molar-refractivity contribution >= 4 is 16.9 Å². The third kappa shape index (κ3) is 4.14. The highest BCUT2D eigenvalue weighted by Gasteiger charge is 2.19. The fraction of sp³-hybridized carbons (Fsp3) is 0.318. The zero-order valence-corrected chi connectivity index (χ0v) is 16.2. The van der Waals surface area contributed by atoms with E-state index in [2.05, 4.69) is 36.1 Å². The van der Waals surface area contributed by atoms with Crippen molar-refractivity contribution in [2.75, 3.05) is 6.61 Å². The fourth-order valence-corrected chi connectivity index (χ4v) is 3.01. The first-order chi connectivity index (χ1) is 12.8. The molecule has 1 amide bonds. The first-order valence-corrected chi connectivity index (χ1v) is 9.04. The second kappa shape index (κ2) is 7.45. The molecular weight excluding hydrogens is 338 g/mol. The molecule has 1 aromatic carbocycles. The lowest BCUT2D eigenvalue weighted by Crippen LogP contribution is -2.31. The van der Waals surface area contributed by atoms with E-state index in [0.717, 1.165) is 10.9 Å². The summed E-state index contributed by atoms with van der Waals surface area (Å²) in [6, 6.07) is 13.0. The lowest BCUT2D eigenvalue weighted by atomic mass is 9.86. The lowest BCUT2D eigenvalue weighted by molar-refractivity contribution is 0.0915. The van der Waals surface area contributed by atoms with E-state index >= 15 is 0 Å². The van der Waals surface area contributed by atoms with E-state index in [1.54, 1.807) is 19.2 Å². The molecule has 2 N–H and O–H groups in total. The highest BCUT2D eigenvalue weighted by molar-refractivity contribution is 5.98. The maximum atomic E-state index is 12.8. The largest absolute Gasteiger partial charge is 0.394 e. The Morgan fingerprint density at radius 2 is 1.89 bits per heavy atom. The van der Waals surface area contributed by atoms with Crippen molar-refractivity contribution < 1.29 is 9.90 Å². The Balaban J connectivity index is 1.84. The molecule has 0 radical (unpaired) electrons. The summed E-state index contributed by atoms with van der Waals surface area (Å²) >= 11 is 0. The van der Waals surface area contributed by atoms with E-state index < -0.39 is 6.04 Å². The van der Waals surface area contributed by atoms with Crippen molar-refractivity contribution in [2.45, 2.75) is 39.2 Å². The van der Waals surface area contributed by atoms with Crippen LogP contribution in [0.5, 0.6) is 0 Å². The molecule has 0 saturated carbocycles. The van der Waals surface area contributed by atoms with Gasteiger partial charge in [0.05, 0.1) is 23.9 Å². The highest BCUT2D eigenvalue weighted by Crippen LogP contribution is 2.24. The Morgan fingerprint density at radius 3 is 2.52 bits per heavy atom. The summed E-state index contributed by atoms with van der Waals surface area (Å²) < 4.78 is 0. The van der Waals surface area contributed by atoms with Crippen LogP contribution < -0.4 is 5.32 Å². The Bertz CT molecular complexity index is 959. The first kappa shape index (κ1) is 19.0. The van der Waals surface area contributed by atoms with E-state index in [1.165, 1.54) is 5.56 Å². The van der Waals surface area contributed by atoms with Crippen LogP contribution in [0.2, 0.25) is 0 Å². The number of carbonyl (C=O) groups is 1. The summed E-state index contributed by atoms with van der Waals surface area (Å²) in [5.41, 5.74) is 3.84. The van der Waals surface area contributed by atoms with Crippen molar-refractivity contribution in [1.82, 2.24) is 15.3 Å². The molecule has 0 spiro atoms. The van der Waals surface area contributed by atoms with Gasteiger partial charge in [-0.1, -0.05) is 45.0 Å². The quantitative estimate of drug-likeness (QED) is 0.741. The van der Waals surface area contributed by atoms with Crippen LogP contribution in [-0.2, 0) is 5.41 Å². The molecule has 2 aromatic heterocycles. The van der Waals surface area contributed by atoms with Gasteiger partial charge in [-0.15, -0.1) is 0 Å². The molecular formula is C22H25N3O2. The molecule has 27 heavy (non-hydrogen) atoms. The number of aryl methyl sites for hydroxylation is 1. The number of nitrogens with one attached hydrogen (secondary N) is 1. The molecule has 0 aliphatic heterocycles. The topological polar surface area (TPSA) is 75.1 Å². The summed E-state index contributed by atoms with van der Waals surface area (Å²) in [5, 5.41) is 13.5. The predicted molar refractivity (Wildman–Crippen MR) is 107 cm³/mol. The van der Waals surface area contributed by atoms with Gasteiger partial charge in [-0.05, 0) is 41.7 Å². The summed E-state index contributed by atoms with van der Waals surface area (Å²) in [6.07, 6.45) is 1.68. The standard InChI is InChI=1S/C22H25N3O2/c1-14-18(12-16-6-5-11-23-20(16)24-14)21(27)25-19(13-26)15-7-9-17(10-8-15)22(2,3)4/h5-12,19,26H,13H2,1-4H3,(H,25,27). The normalized spacial score (nSPS) is 12.8. The zero-order chi connectivity index (χ0) is 19.6. The van der Waals surface area contributed by atoms with Crippen molar-refractivity contribution in [1.29, 1.82) is 0 Å². The monoisotopic (exact) mass is 363 g/mol. The molecule has 0 fully saturated rings. The number of hydrogen-bond donors (Lipinski definition) is 2. The fourth-order valence-electron chi connectivity index (χ4n) is 3.01. The SMILES string of the molecule is Cc1nc2ncccc2cc1C(=O)NC(CO)c1ccc(C(C)(C)C)cc1. The molecule has 0 aliphatic rings. The van der Waals surface area contributed by atoms with Crippen LogP contribution in [0.4, 0.5) is 0 Å². The Kier molecular flexibility index (Phi) is 5.24. The minimum Gasteiger partial charge on any atom is -0.394 e. The third-order valence-electron chi connectivity index (χ3n) is 4.69. The van der Waals surface area contributed by atoms with Gasteiger partial charge in [-0.2, -0.15) is 0 Å². The van der Waals surface area contributed by atoms with Gasteiger partial charge in [-0.25, -0.2) is 9.97 Å². The number of rotatable bonds is 4. The van der Waals surface area contributed by atoms with Crippen LogP contribution in [0.15, 0.2) is 48.7 Å². The number of benzene rings is 1. The maximum Gasteiger partial charge on any atom is 0.253 e. The van der Waals surface area contributed by atoms with Gasteiger partial charge < -0.3 is 10.4 Å². The average Bonchev–Trinajstić information content (AvgIpc) is 2.64. The molecule has 0 aliphatic carbocycles. The average molecular weight is 363 g/mol. The number of pyridine rings is 2. The smallest absolute Gasteiger partial charge is 0.253 e. The van der Waals surface area contributed by atoms with Gasteiger partial charge in [0.1, 0.15) is 0 Å². The first-order valence-electron chi connectivity index (χ1n) is 9.04. The van der Waals surface area contributed by atoms with Crippen molar-refractivity contribution in [2.24, 2.45) is 0 Å². The minimum atomic E-state index is -0.476. The van der Waals surface area contributed by atoms with Crippen LogP contribution >= 0.6 is 0 Å². The van der Waals surface area contributed by atoms with E-state index in [9.17, 15) is 9.90 Å². The minimum absolute atomic E-state index is 0.0540. The van der Waals surface area contributed by atoms with Crippen LogP contribution in [0.25, 0.3) is 11.0 Å². The summed E-state index contributed by atoms with van der Waals surface area (Å²) in [7, 11) is 0. The van der Waals surface area contributed by atoms with Gasteiger partial charge in [0.2, 0.25) is 0 Å². The molecule has 140 valence electrons. The number of aliphatic hydroxyl groups is 1. The van der Waals surface area contributed by atoms with Gasteiger partial charge >= 0.3 is 0 Å². The Hall–Kier alpha value is -2.79.